The van der Waals surface area contributed by atoms with Gasteiger partial charge in [0.15, 0.2) is 0 Å². The van der Waals surface area contributed by atoms with Crippen molar-refractivity contribution in [1.29, 1.82) is 0 Å². The van der Waals surface area contributed by atoms with E-state index in [4.69, 9.17) is 23.2 Å². The molecule has 1 fully saturated rings. The number of nitrogens with one attached hydrogen (secondary N) is 1. The summed E-state index contributed by atoms with van der Waals surface area (Å²) in [6.07, 6.45) is 2.57. The Morgan fingerprint density at radius 1 is 1.50 bits per heavy atom. The number of nitrogens with zero attached hydrogens (tertiary/aromatic N) is 1. The molecule has 22 heavy (non-hydrogen) atoms. The Labute approximate surface area is 141 Å². The minimum absolute atomic E-state index is 0.0271. The quantitative estimate of drug-likeness (QED) is 0.879. The van der Waals surface area contributed by atoms with E-state index < -0.39 is 0 Å². The average Bonchev–Trinajstić information content (AvgIpc) is 2.50. The van der Waals surface area contributed by atoms with E-state index in [2.05, 4.69) is 5.32 Å². The molecule has 0 aromatic heterocycles. The van der Waals surface area contributed by atoms with E-state index in [1.165, 1.54) is 0 Å². The fourth-order valence-electron chi connectivity index (χ4n) is 2.77. The van der Waals surface area contributed by atoms with Gasteiger partial charge in [0.1, 0.15) is 0 Å². The maximum Gasteiger partial charge on any atom is 0.317 e. The first-order valence-corrected chi connectivity index (χ1v) is 8.35. The summed E-state index contributed by atoms with van der Waals surface area (Å²) >= 11 is 12.0. The van der Waals surface area contributed by atoms with Crippen LogP contribution in [0.2, 0.25) is 10.0 Å². The lowest BCUT2D eigenvalue weighted by atomic mass is 9.99. The molecule has 1 aromatic carbocycles. The third-order valence-electron chi connectivity index (χ3n) is 3.98. The van der Waals surface area contributed by atoms with Gasteiger partial charge in [0.2, 0.25) is 0 Å². The number of urea groups is 1. The standard InChI is InChI=1S/C16H22Cl2N2O2/c1-11(7-13-4-5-14(17)8-15(13)18)19-16(22)20-6-2-3-12(9-20)10-21/h4-5,8,11-12,21H,2-3,6-7,9-10H2,1H3,(H,19,22). The summed E-state index contributed by atoms with van der Waals surface area (Å²) in [5.41, 5.74) is 0.964. The highest BCUT2D eigenvalue weighted by atomic mass is 35.5. The second kappa shape index (κ2) is 8.04. The van der Waals surface area contributed by atoms with Gasteiger partial charge >= 0.3 is 6.03 Å². The zero-order valence-electron chi connectivity index (χ0n) is 12.7. The first-order chi connectivity index (χ1) is 10.5. The number of aliphatic hydroxyl groups is 1. The lowest BCUT2D eigenvalue weighted by Gasteiger charge is -2.32. The van der Waals surface area contributed by atoms with Crippen LogP contribution in [0.15, 0.2) is 18.2 Å². The van der Waals surface area contributed by atoms with Crippen LogP contribution in [-0.4, -0.2) is 41.8 Å². The van der Waals surface area contributed by atoms with Crippen LogP contribution in [0.4, 0.5) is 4.79 Å². The zero-order chi connectivity index (χ0) is 16.1. The second-order valence-corrected chi connectivity index (χ2v) is 6.77. The third kappa shape index (κ3) is 4.77. The molecule has 0 bridgehead atoms. The Balaban J connectivity index is 1.88. The molecular formula is C16H22Cl2N2O2. The molecule has 0 saturated carbocycles. The molecule has 2 rings (SSSR count). The van der Waals surface area contributed by atoms with Crippen molar-refractivity contribution in [2.75, 3.05) is 19.7 Å². The predicted molar refractivity (Wildman–Crippen MR) is 89.5 cm³/mol. The Morgan fingerprint density at radius 2 is 2.27 bits per heavy atom. The highest BCUT2D eigenvalue weighted by Crippen LogP contribution is 2.22. The molecule has 1 saturated heterocycles. The maximum atomic E-state index is 12.3. The van der Waals surface area contributed by atoms with Crippen LogP contribution in [0.5, 0.6) is 0 Å². The third-order valence-corrected chi connectivity index (χ3v) is 4.56. The lowest BCUT2D eigenvalue weighted by Crippen LogP contribution is -2.49. The summed E-state index contributed by atoms with van der Waals surface area (Å²) in [6.45, 7) is 3.46. The molecular weight excluding hydrogens is 323 g/mol. The molecule has 1 aliphatic rings. The van der Waals surface area contributed by atoms with Crippen molar-refractivity contribution in [3.63, 3.8) is 0 Å². The number of halogens is 2. The normalized spacial score (nSPS) is 19.8. The highest BCUT2D eigenvalue weighted by Gasteiger charge is 2.24. The largest absolute Gasteiger partial charge is 0.396 e. The van der Waals surface area contributed by atoms with Crippen LogP contribution >= 0.6 is 23.2 Å². The summed E-state index contributed by atoms with van der Waals surface area (Å²) in [5, 5.41) is 13.5. The predicted octanol–water partition coefficient (Wildman–Crippen LogP) is 3.34. The van der Waals surface area contributed by atoms with Gasteiger partial charge in [-0.2, -0.15) is 0 Å². The van der Waals surface area contributed by atoms with Crippen molar-refractivity contribution < 1.29 is 9.90 Å². The average molecular weight is 345 g/mol. The van der Waals surface area contributed by atoms with Crippen LogP contribution < -0.4 is 5.32 Å². The monoisotopic (exact) mass is 344 g/mol. The second-order valence-electron chi connectivity index (χ2n) is 5.93. The molecule has 0 aliphatic carbocycles. The number of carbonyl (C=O) groups excluding carboxylic acids is 1. The minimum Gasteiger partial charge on any atom is -0.396 e. The fourth-order valence-corrected chi connectivity index (χ4v) is 3.25. The molecule has 2 unspecified atom stereocenters. The number of hydrogen-bond acceptors (Lipinski definition) is 2. The molecule has 1 aliphatic heterocycles. The minimum atomic E-state index is -0.0734. The van der Waals surface area contributed by atoms with Crippen LogP contribution in [0.3, 0.4) is 0 Å². The molecule has 2 amide bonds. The van der Waals surface area contributed by atoms with Gasteiger partial charge in [0.05, 0.1) is 0 Å². The van der Waals surface area contributed by atoms with Gasteiger partial charge in [-0.25, -0.2) is 4.79 Å². The number of hydrogen-bond donors (Lipinski definition) is 2. The van der Waals surface area contributed by atoms with E-state index in [0.29, 0.717) is 23.0 Å². The highest BCUT2D eigenvalue weighted by molar-refractivity contribution is 6.35. The van der Waals surface area contributed by atoms with E-state index in [0.717, 1.165) is 24.9 Å². The number of carbonyl (C=O) groups is 1. The zero-order valence-corrected chi connectivity index (χ0v) is 14.2. The topological polar surface area (TPSA) is 52.6 Å². The van der Waals surface area contributed by atoms with Crippen molar-refractivity contribution in [3.05, 3.63) is 33.8 Å². The molecule has 122 valence electrons. The fraction of sp³-hybridized carbons (Fsp3) is 0.562. The Hall–Kier alpha value is -0.970. The first-order valence-electron chi connectivity index (χ1n) is 7.59. The van der Waals surface area contributed by atoms with E-state index >= 15 is 0 Å². The smallest absolute Gasteiger partial charge is 0.317 e. The van der Waals surface area contributed by atoms with Crippen molar-refractivity contribution >= 4 is 29.2 Å². The van der Waals surface area contributed by atoms with Crippen molar-refractivity contribution in [2.24, 2.45) is 5.92 Å². The summed E-state index contributed by atoms with van der Waals surface area (Å²) < 4.78 is 0. The molecule has 1 heterocycles. The molecule has 2 N–H and O–H groups in total. The van der Waals surface area contributed by atoms with Crippen molar-refractivity contribution in [2.45, 2.75) is 32.2 Å². The van der Waals surface area contributed by atoms with E-state index in [1.807, 2.05) is 13.0 Å². The Morgan fingerprint density at radius 3 is 2.95 bits per heavy atom. The Bertz CT molecular complexity index is 525. The van der Waals surface area contributed by atoms with Gasteiger partial charge in [0, 0.05) is 35.8 Å². The van der Waals surface area contributed by atoms with E-state index in [1.54, 1.807) is 17.0 Å². The number of rotatable bonds is 4. The number of piperidine rings is 1. The van der Waals surface area contributed by atoms with Gasteiger partial charge in [-0.1, -0.05) is 29.3 Å². The summed E-state index contributed by atoms with van der Waals surface area (Å²) in [4.78, 5) is 14.1. The van der Waals surface area contributed by atoms with Crippen LogP contribution in [-0.2, 0) is 6.42 Å². The van der Waals surface area contributed by atoms with Gasteiger partial charge < -0.3 is 15.3 Å². The number of amides is 2. The van der Waals surface area contributed by atoms with Crippen LogP contribution in [0, 0.1) is 5.92 Å². The number of aliphatic hydroxyl groups excluding tert-OH is 1. The molecule has 2 atom stereocenters. The molecule has 4 nitrogen and oxygen atoms in total. The maximum absolute atomic E-state index is 12.3. The number of likely N-dealkylation sites (tertiary alicyclic amines) is 1. The lowest BCUT2D eigenvalue weighted by molar-refractivity contribution is 0.128. The first kappa shape index (κ1) is 17.4. The van der Waals surface area contributed by atoms with Gasteiger partial charge in [0.25, 0.3) is 0 Å². The van der Waals surface area contributed by atoms with E-state index in [9.17, 15) is 9.90 Å². The van der Waals surface area contributed by atoms with Crippen LogP contribution in [0.1, 0.15) is 25.3 Å². The van der Waals surface area contributed by atoms with E-state index in [-0.39, 0.29) is 24.6 Å². The molecule has 0 radical (unpaired) electrons. The summed E-state index contributed by atoms with van der Waals surface area (Å²) in [6, 6.07) is 5.30. The Kier molecular flexibility index (Phi) is 6.36. The van der Waals surface area contributed by atoms with Crippen molar-refractivity contribution in [1.82, 2.24) is 10.2 Å². The van der Waals surface area contributed by atoms with Crippen molar-refractivity contribution in [3.8, 4) is 0 Å². The molecule has 0 spiro atoms. The SMILES string of the molecule is CC(Cc1ccc(Cl)cc1Cl)NC(=O)N1CCCC(CO)C1. The number of benzene rings is 1. The summed E-state index contributed by atoms with van der Waals surface area (Å²) in [7, 11) is 0. The van der Waals surface area contributed by atoms with Gasteiger partial charge in [-0.3, -0.25) is 0 Å². The van der Waals surface area contributed by atoms with Crippen LogP contribution in [0.25, 0.3) is 0 Å². The summed E-state index contributed by atoms with van der Waals surface area (Å²) in [5.74, 6) is 0.195. The molecule has 6 heteroatoms. The van der Waals surface area contributed by atoms with Gasteiger partial charge in [-0.05, 0) is 49.8 Å². The van der Waals surface area contributed by atoms with Gasteiger partial charge in [-0.15, -0.1) is 0 Å². The molecule has 1 aromatic rings.